The maximum atomic E-state index is 2.43. The number of rotatable bonds is 2. The van der Waals surface area contributed by atoms with Crippen LogP contribution in [0, 0.1) is 19.3 Å². The first-order chi connectivity index (χ1) is 12.9. The van der Waals surface area contributed by atoms with Crippen LogP contribution in [0.3, 0.4) is 0 Å². The summed E-state index contributed by atoms with van der Waals surface area (Å²) in [4.78, 5) is 0. The molecule has 0 spiro atoms. The van der Waals surface area contributed by atoms with Crippen molar-refractivity contribution in [3.8, 4) is 11.3 Å². The molecule has 0 saturated heterocycles. The van der Waals surface area contributed by atoms with Gasteiger partial charge in [-0.15, -0.1) is 0 Å². The molecule has 0 amide bonds. The zero-order valence-electron chi connectivity index (χ0n) is 19.2. The molecule has 0 aliphatic heterocycles. The van der Waals surface area contributed by atoms with Gasteiger partial charge in [0.15, 0.2) is 0 Å². The minimum atomic E-state index is 0.136. The van der Waals surface area contributed by atoms with Gasteiger partial charge in [-0.3, -0.25) is 0 Å². The van der Waals surface area contributed by atoms with Crippen molar-refractivity contribution in [3.05, 3.63) is 64.7 Å². The van der Waals surface area contributed by atoms with E-state index in [0.717, 1.165) is 6.42 Å². The number of pyridine rings is 1. The number of fused-ring (bicyclic) bond motifs is 1. The van der Waals surface area contributed by atoms with E-state index in [1.165, 1.54) is 44.4 Å². The molecule has 1 heterocycles. The molecule has 3 rings (SSSR count). The number of aryl methyl sites for hydroxylation is 2. The Hall–Kier alpha value is -2.15. The van der Waals surface area contributed by atoms with Gasteiger partial charge in [0.25, 0.3) is 0 Å². The van der Waals surface area contributed by atoms with Crippen LogP contribution >= 0.6 is 0 Å². The Morgan fingerprint density at radius 1 is 0.857 bits per heavy atom. The number of aromatic nitrogens is 1. The van der Waals surface area contributed by atoms with Crippen LogP contribution in [0.15, 0.2) is 42.5 Å². The fraction of sp³-hybridized carbons (Fsp3) is 0.444. The summed E-state index contributed by atoms with van der Waals surface area (Å²) >= 11 is 0. The molecule has 3 aromatic rings. The highest BCUT2D eigenvalue weighted by atomic mass is 14.9. The monoisotopic (exact) mass is 374 g/mol. The van der Waals surface area contributed by atoms with E-state index in [9.17, 15) is 0 Å². The normalized spacial score (nSPS) is 12.6. The highest BCUT2D eigenvalue weighted by molar-refractivity contribution is 5.82. The zero-order valence-corrected chi connectivity index (χ0v) is 19.2. The number of benzene rings is 2. The van der Waals surface area contributed by atoms with Gasteiger partial charge < -0.3 is 0 Å². The molecule has 0 fully saturated rings. The molecule has 0 aliphatic carbocycles. The lowest BCUT2D eigenvalue weighted by molar-refractivity contribution is -0.633. The summed E-state index contributed by atoms with van der Waals surface area (Å²) < 4.78 is 2.37. The van der Waals surface area contributed by atoms with E-state index in [4.69, 9.17) is 0 Å². The quantitative estimate of drug-likeness (QED) is 0.433. The molecule has 0 saturated carbocycles. The fourth-order valence-corrected chi connectivity index (χ4v) is 4.04. The van der Waals surface area contributed by atoms with Crippen LogP contribution in [-0.4, -0.2) is 0 Å². The molecule has 2 aromatic carbocycles. The number of para-hydroxylation sites is 1. The van der Waals surface area contributed by atoms with E-state index in [2.05, 4.69) is 109 Å². The van der Waals surface area contributed by atoms with Gasteiger partial charge in [-0.25, -0.2) is 0 Å². The molecule has 1 aromatic heterocycles. The maximum absolute atomic E-state index is 2.43. The molecule has 1 nitrogen and oxygen atoms in total. The molecule has 0 unspecified atom stereocenters. The third-order valence-electron chi connectivity index (χ3n) is 5.81. The molecule has 0 atom stereocenters. The molecule has 28 heavy (non-hydrogen) atoms. The summed E-state index contributed by atoms with van der Waals surface area (Å²) in [5, 5.41) is 1.37. The number of nitrogens with zero attached hydrogens (tertiary/aromatic N) is 1. The molecule has 1 heteroatoms. The topological polar surface area (TPSA) is 3.88 Å². The predicted molar refractivity (Wildman–Crippen MR) is 122 cm³/mol. The average Bonchev–Trinajstić information content (AvgIpc) is 2.58. The summed E-state index contributed by atoms with van der Waals surface area (Å²) in [6.45, 7) is 18.4. The Labute approximate surface area is 171 Å². The van der Waals surface area contributed by atoms with Crippen LogP contribution in [0.5, 0.6) is 0 Å². The Bertz CT molecular complexity index is 1030. The summed E-state index contributed by atoms with van der Waals surface area (Å²) in [5.74, 6) is 0. The van der Waals surface area contributed by atoms with Gasteiger partial charge in [0.1, 0.15) is 7.05 Å². The van der Waals surface area contributed by atoms with E-state index in [1.54, 1.807) is 0 Å². The van der Waals surface area contributed by atoms with Crippen molar-refractivity contribution in [1.29, 1.82) is 0 Å². The molecule has 0 aliphatic rings. The molecular formula is C27H36N+. The van der Waals surface area contributed by atoms with Crippen molar-refractivity contribution in [3.63, 3.8) is 0 Å². The van der Waals surface area contributed by atoms with Crippen molar-refractivity contribution >= 4 is 10.9 Å². The van der Waals surface area contributed by atoms with Gasteiger partial charge in [0, 0.05) is 23.1 Å². The van der Waals surface area contributed by atoms with E-state index < -0.39 is 0 Å². The lowest BCUT2D eigenvalue weighted by Gasteiger charge is -2.23. The smallest absolute Gasteiger partial charge is 0.194 e. The molecule has 0 radical (unpaired) electrons. The predicted octanol–water partition coefficient (Wildman–Crippen LogP) is 6.83. The van der Waals surface area contributed by atoms with Crippen molar-refractivity contribution < 1.29 is 4.57 Å². The summed E-state index contributed by atoms with van der Waals surface area (Å²) in [6.07, 6.45) is 1.07. The average molecular weight is 375 g/mol. The van der Waals surface area contributed by atoms with Crippen LogP contribution in [-0.2, 0) is 18.9 Å². The van der Waals surface area contributed by atoms with Crippen molar-refractivity contribution in [2.45, 2.75) is 67.2 Å². The van der Waals surface area contributed by atoms with Crippen LogP contribution in [0.25, 0.3) is 22.2 Å². The van der Waals surface area contributed by atoms with E-state index >= 15 is 0 Å². The van der Waals surface area contributed by atoms with E-state index in [-0.39, 0.29) is 10.8 Å². The van der Waals surface area contributed by atoms with Crippen molar-refractivity contribution in [2.75, 3.05) is 0 Å². The van der Waals surface area contributed by atoms with Crippen LogP contribution in [0.1, 0.15) is 63.8 Å². The van der Waals surface area contributed by atoms with Crippen molar-refractivity contribution in [1.82, 2.24) is 0 Å². The largest absolute Gasteiger partial charge is 0.213 e. The lowest BCUT2D eigenvalue weighted by atomic mass is 9.82. The van der Waals surface area contributed by atoms with E-state index in [0.29, 0.717) is 0 Å². The minimum Gasteiger partial charge on any atom is -0.194 e. The fourth-order valence-electron chi connectivity index (χ4n) is 4.04. The van der Waals surface area contributed by atoms with Crippen LogP contribution < -0.4 is 4.57 Å². The Morgan fingerprint density at radius 2 is 1.50 bits per heavy atom. The second-order valence-electron chi connectivity index (χ2n) is 10.6. The Kier molecular flexibility index (Phi) is 5.17. The highest BCUT2D eigenvalue weighted by Gasteiger charge is 2.24. The van der Waals surface area contributed by atoms with Gasteiger partial charge in [-0.1, -0.05) is 59.7 Å². The Balaban J connectivity index is 2.36. The first-order valence-electron chi connectivity index (χ1n) is 10.4. The van der Waals surface area contributed by atoms with Gasteiger partial charge >= 0.3 is 0 Å². The molecule has 0 N–H and O–H groups in total. The number of hydrogen-bond donors (Lipinski definition) is 0. The first-order valence-corrected chi connectivity index (χ1v) is 10.4. The van der Waals surface area contributed by atoms with Gasteiger partial charge in [-0.2, -0.15) is 4.57 Å². The SMILES string of the molecule is Cc1cc(C(C)(C)C)cc(-c2cc(CC(C)(C)C)c3ccccc3[n+]2C)c1C. The number of hydrogen-bond acceptors (Lipinski definition) is 0. The molecule has 148 valence electrons. The molecular weight excluding hydrogens is 338 g/mol. The molecule has 0 bridgehead atoms. The second kappa shape index (κ2) is 7.03. The highest BCUT2D eigenvalue weighted by Crippen LogP contribution is 2.34. The summed E-state index contributed by atoms with van der Waals surface area (Å²) in [6, 6.07) is 16.0. The second-order valence-corrected chi connectivity index (χ2v) is 10.6. The van der Waals surface area contributed by atoms with Crippen LogP contribution in [0.4, 0.5) is 0 Å². The summed E-state index contributed by atoms with van der Waals surface area (Å²) in [7, 11) is 2.21. The lowest BCUT2D eigenvalue weighted by Crippen LogP contribution is -2.33. The van der Waals surface area contributed by atoms with Crippen LogP contribution in [0.2, 0.25) is 0 Å². The standard InChI is InChI=1S/C27H36N/c1-18-14-21(27(6,7)8)16-23(19(18)2)25-15-20(17-26(3,4)5)22-12-10-11-13-24(22)28(25)9/h10-16H,17H2,1-9H3/q+1. The summed E-state index contributed by atoms with van der Waals surface area (Å²) in [5.41, 5.74) is 9.93. The van der Waals surface area contributed by atoms with Crippen molar-refractivity contribution in [2.24, 2.45) is 12.5 Å². The third kappa shape index (κ3) is 3.99. The minimum absolute atomic E-state index is 0.136. The Morgan fingerprint density at radius 3 is 2.11 bits per heavy atom. The van der Waals surface area contributed by atoms with Gasteiger partial charge in [-0.05, 0) is 65.5 Å². The van der Waals surface area contributed by atoms with Gasteiger partial charge in [0.05, 0.1) is 0 Å². The van der Waals surface area contributed by atoms with E-state index in [1.807, 2.05) is 0 Å². The van der Waals surface area contributed by atoms with Gasteiger partial charge in [0.2, 0.25) is 11.2 Å². The third-order valence-corrected chi connectivity index (χ3v) is 5.81. The first kappa shape index (κ1) is 20.6. The zero-order chi connectivity index (χ0) is 20.9. The maximum Gasteiger partial charge on any atom is 0.213 e.